The number of esters is 2. The predicted octanol–water partition coefficient (Wildman–Crippen LogP) is 7.01. The molecule has 0 radical (unpaired) electrons. The SMILES string of the molecule is C=CC[C@]1(C(C(=O)OCC[Si](C)(C)C)C2CCNCC2)C(=O)O[C@H](c2ccccc2)[C@H](c2ccccc2)N1OC(=O)OC(C)(C)C. The van der Waals surface area contributed by atoms with Crippen LogP contribution in [0.1, 0.15) is 63.3 Å². The second kappa shape index (κ2) is 15.0. The molecule has 0 aliphatic carbocycles. The van der Waals surface area contributed by atoms with E-state index in [1.165, 1.54) is 5.06 Å². The molecule has 2 aliphatic rings. The Hall–Kier alpha value is -3.47. The van der Waals surface area contributed by atoms with Crippen molar-refractivity contribution in [3.8, 4) is 0 Å². The Balaban J connectivity index is 1.94. The lowest BCUT2D eigenvalue weighted by Gasteiger charge is -2.53. The second-order valence-electron chi connectivity index (χ2n) is 14.4. The molecule has 2 heterocycles. The summed E-state index contributed by atoms with van der Waals surface area (Å²) in [5, 5.41) is 4.76. The zero-order valence-corrected chi connectivity index (χ0v) is 29.1. The van der Waals surface area contributed by atoms with Crippen LogP contribution in [0.3, 0.4) is 0 Å². The largest absolute Gasteiger partial charge is 0.528 e. The Morgan fingerprint density at radius 3 is 2.17 bits per heavy atom. The molecule has 0 saturated carbocycles. The molecule has 0 aromatic heterocycles. The Morgan fingerprint density at radius 1 is 1.04 bits per heavy atom. The lowest BCUT2D eigenvalue weighted by atomic mass is 9.68. The van der Waals surface area contributed by atoms with Crippen molar-refractivity contribution in [1.82, 2.24) is 10.4 Å². The maximum atomic E-state index is 14.8. The van der Waals surface area contributed by atoms with Gasteiger partial charge in [0.25, 0.3) is 0 Å². The number of cyclic esters (lactones) is 1. The van der Waals surface area contributed by atoms with Crippen LogP contribution in [0.25, 0.3) is 0 Å². The molecular weight excluding hydrogens is 600 g/mol. The first-order valence-corrected chi connectivity index (χ1v) is 20.0. The summed E-state index contributed by atoms with van der Waals surface area (Å²) in [5.74, 6) is -2.47. The van der Waals surface area contributed by atoms with E-state index in [0.29, 0.717) is 31.5 Å². The minimum absolute atomic E-state index is 0.0306. The van der Waals surface area contributed by atoms with Crippen molar-refractivity contribution in [2.45, 2.75) is 89.0 Å². The summed E-state index contributed by atoms with van der Waals surface area (Å²) < 4.78 is 18.1. The minimum atomic E-state index is -1.79. The molecule has 2 aromatic carbocycles. The molecule has 250 valence electrons. The van der Waals surface area contributed by atoms with Gasteiger partial charge in [-0.05, 0) is 76.2 Å². The maximum Gasteiger partial charge on any atom is 0.528 e. The Kier molecular flexibility index (Phi) is 11.5. The topological polar surface area (TPSA) is 103 Å². The number of hydrogen-bond acceptors (Lipinski definition) is 9. The van der Waals surface area contributed by atoms with E-state index in [1.54, 1.807) is 26.8 Å². The lowest BCUT2D eigenvalue weighted by Crippen LogP contribution is -2.68. The van der Waals surface area contributed by atoms with Crippen molar-refractivity contribution in [3.05, 3.63) is 84.4 Å². The highest BCUT2D eigenvalue weighted by molar-refractivity contribution is 6.76. The van der Waals surface area contributed by atoms with Crippen LogP contribution in [0.2, 0.25) is 25.7 Å². The number of nitrogens with zero attached hydrogens (tertiary/aromatic N) is 1. The van der Waals surface area contributed by atoms with Crippen molar-refractivity contribution in [2.24, 2.45) is 11.8 Å². The lowest BCUT2D eigenvalue weighted by molar-refractivity contribution is -0.288. The zero-order chi connectivity index (χ0) is 33.5. The normalized spacial score (nSPS) is 23.6. The van der Waals surface area contributed by atoms with Crippen LogP contribution < -0.4 is 5.32 Å². The van der Waals surface area contributed by atoms with Gasteiger partial charge in [-0.1, -0.05) is 86.4 Å². The number of nitrogens with one attached hydrogen (secondary N) is 1. The van der Waals surface area contributed by atoms with Gasteiger partial charge < -0.3 is 24.4 Å². The minimum Gasteiger partial charge on any atom is -0.466 e. The highest BCUT2D eigenvalue weighted by atomic mass is 28.3. The van der Waals surface area contributed by atoms with Crippen LogP contribution in [0, 0.1) is 11.8 Å². The van der Waals surface area contributed by atoms with E-state index >= 15 is 0 Å². The molecule has 2 fully saturated rings. The monoisotopic (exact) mass is 650 g/mol. The average Bonchev–Trinajstić information content (AvgIpc) is 2.99. The third-order valence-corrected chi connectivity index (χ3v) is 10.2. The molecule has 1 N–H and O–H groups in total. The fourth-order valence-electron chi connectivity index (χ4n) is 6.37. The van der Waals surface area contributed by atoms with Gasteiger partial charge in [-0.25, -0.2) is 9.59 Å². The number of hydroxylamine groups is 2. The Labute approximate surface area is 274 Å². The average molecular weight is 651 g/mol. The van der Waals surface area contributed by atoms with Gasteiger partial charge in [-0.2, -0.15) is 0 Å². The Bertz CT molecular complexity index is 1340. The van der Waals surface area contributed by atoms with Gasteiger partial charge in [-0.3, -0.25) is 4.79 Å². The summed E-state index contributed by atoms with van der Waals surface area (Å²) in [6.07, 6.45) is 0.946. The third kappa shape index (κ3) is 8.46. The number of hydrogen-bond donors (Lipinski definition) is 1. The molecule has 2 aromatic rings. The first-order chi connectivity index (χ1) is 21.8. The number of carbonyl (C=O) groups excluding carboxylic acids is 3. The summed E-state index contributed by atoms with van der Waals surface area (Å²) in [6.45, 7) is 17.5. The first kappa shape index (κ1) is 35.4. The van der Waals surface area contributed by atoms with Crippen LogP contribution in [-0.4, -0.2) is 62.1 Å². The van der Waals surface area contributed by atoms with Gasteiger partial charge in [0.2, 0.25) is 0 Å². The Morgan fingerprint density at radius 2 is 1.63 bits per heavy atom. The van der Waals surface area contributed by atoms with Crippen molar-refractivity contribution < 1.29 is 33.4 Å². The summed E-state index contributed by atoms with van der Waals surface area (Å²) in [7, 11) is -1.54. The van der Waals surface area contributed by atoms with Crippen LogP contribution in [0.15, 0.2) is 73.3 Å². The fourth-order valence-corrected chi connectivity index (χ4v) is 7.08. The highest BCUT2D eigenvalue weighted by Crippen LogP contribution is 2.52. The van der Waals surface area contributed by atoms with E-state index in [0.717, 1.165) is 11.6 Å². The summed E-state index contributed by atoms with van der Waals surface area (Å²) in [5.41, 5.74) is -1.22. The van der Waals surface area contributed by atoms with Gasteiger partial charge in [0, 0.05) is 8.07 Å². The van der Waals surface area contributed by atoms with Gasteiger partial charge in [0.1, 0.15) is 17.7 Å². The molecule has 4 rings (SSSR count). The van der Waals surface area contributed by atoms with Crippen LogP contribution in [0.5, 0.6) is 0 Å². The predicted molar refractivity (Wildman–Crippen MR) is 179 cm³/mol. The first-order valence-electron chi connectivity index (χ1n) is 16.3. The number of morpholine rings is 1. The van der Waals surface area contributed by atoms with E-state index in [9.17, 15) is 14.4 Å². The summed E-state index contributed by atoms with van der Waals surface area (Å²) in [6, 6.07) is 18.7. The summed E-state index contributed by atoms with van der Waals surface area (Å²) in [4.78, 5) is 49.1. The quantitative estimate of drug-likeness (QED) is 0.119. The fraction of sp³-hybridized carbons (Fsp3) is 0.528. The van der Waals surface area contributed by atoms with Crippen molar-refractivity contribution >= 4 is 26.2 Å². The van der Waals surface area contributed by atoms with E-state index in [2.05, 4.69) is 31.5 Å². The maximum absolute atomic E-state index is 14.8. The molecule has 9 nitrogen and oxygen atoms in total. The van der Waals surface area contributed by atoms with Crippen LogP contribution >= 0.6 is 0 Å². The summed E-state index contributed by atoms with van der Waals surface area (Å²) >= 11 is 0. The molecule has 1 unspecified atom stereocenters. The number of ether oxygens (including phenoxy) is 3. The van der Waals surface area contributed by atoms with Crippen molar-refractivity contribution in [2.75, 3.05) is 19.7 Å². The molecule has 2 saturated heterocycles. The zero-order valence-electron chi connectivity index (χ0n) is 28.1. The van der Waals surface area contributed by atoms with Gasteiger partial charge in [0.05, 0.1) is 12.5 Å². The van der Waals surface area contributed by atoms with E-state index in [4.69, 9.17) is 19.0 Å². The van der Waals surface area contributed by atoms with Crippen LogP contribution in [-0.2, 0) is 28.6 Å². The van der Waals surface area contributed by atoms with Gasteiger partial charge in [0.15, 0.2) is 5.54 Å². The third-order valence-electron chi connectivity index (χ3n) is 8.53. The standard InChI is InChI=1S/C36H50N2O7Si/c1-8-21-36(29(26-19-22-37-23-20-26)32(39)42-24-25-46(5,6)7)33(40)43-31(28-17-13-10-14-18-28)30(27-15-11-9-12-16-27)38(36)45-34(41)44-35(2,3)4/h8-18,26,29-31,37H,1,19-25H2,2-7H3/t29?,30-,31+,36-/m0/s1. The van der Waals surface area contributed by atoms with E-state index < -0.39 is 55.4 Å². The number of piperidine rings is 1. The molecule has 2 aliphatic heterocycles. The molecule has 0 spiro atoms. The van der Waals surface area contributed by atoms with E-state index in [1.807, 2.05) is 60.7 Å². The van der Waals surface area contributed by atoms with E-state index in [-0.39, 0.29) is 18.9 Å². The molecule has 10 heteroatoms. The molecule has 0 bridgehead atoms. The number of rotatable bonds is 11. The van der Waals surface area contributed by atoms with Crippen molar-refractivity contribution in [1.29, 1.82) is 0 Å². The highest BCUT2D eigenvalue weighted by Gasteiger charge is 2.65. The smallest absolute Gasteiger partial charge is 0.466 e. The number of carbonyl (C=O) groups is 3. The van der Waals surface area contributed by atoms with Gasteiger partial charge >= 0.3 is 18.1 Å². The van der Waals surface area contributed by atoms with Crippen LogP contribution in [0.4, 0.5) is 4.79 Å². The number of benzene rings is 2. The molecule has 4 atom stereocenters. The van der Waals surface area contributed by atoms with Gasteiger partial charge in [-0.15, -0.1) is 11.6 Å². The van der Waals surface area contributed by atoms with Crippen molar-refractivity contribution in [3.63, 3.8) is 0 Å². The molecule has 0 amide bonds. The molecular formula is C36H50N2O7Si. The molecule has 46 heavy (non-hydrogen) atoms. The second-order valence-corrected chi connectivity index (χ2v) is 20.1.